The third-order valence-electron chi connectivity index (χ3n) is 5.47. The van der Waals surface area contributed by atoms with Crippen molar-refractivity contribution in [3.05, 3.63) is 65.2 Å². The summed E-state index contributed by atoms with van der Waals surface area (Å²) >= 11 is 0. The molecule has 1 aliphatic heterocycles. The molecule has 0 aliphatic carbocycles. The van der Waals surface area contributed by atoms with Crippen molar-refractivity contribution < 1.29 is 19.4 Å². The van der Waals surface area contributed by atoms with E-state index >= 15 is 0 Å². The standard InChI is InChI=1S/C24H29NO4/c1-17(2)19-10-8-18(9-11-19)13-23(26)25-12-4-6-21(15-25)20-5-3-7-22(14-20)29-16-24(27)28/h3,5,7-11,14,17,21H,4,6,12-13,15-16H2,1-2H3,(H,27,28)/t21-/m1/s1. The summed E-state index contributed by atoms with van der Waals surface area (Å²) in [6, 6.07) is 15.9. The van der Waals surface area contributed by atoms with Crippen molar-refractivity contribution >= 4 is 11.9 Å². The molecule has 5 nitrogen and oxygen atoms in total. The smallest absolute Gasteiger partial charge is 0.341 e. The number of hydrogen-bond acceptors (Lipinski definition) is 3. The number of ether oxygens (including phenoxy) is 1. The maximum absolute atomic E-state index is 12.8. The highest BCUT2D eigenvalue weighted by atomic mass is 16.5. The second-order valence-electron chi connectivity index (χ2n) is 8.01. The van der Waals surface area contributed by atoms with Gasteiger partial charge in [0.15, 0.2) is 6.61 Å². The number of carbonyl (C=O) groups is 2. The summed E-state index contributed by atoms with van der Waals surface area (Å²) < 4.78 is 5.30. The molecule has 1 atom stereocenters. The van der Waals surface area contributed by atoms with Crippen molar-refractivity contribution in [2.24, 2.45) is 0 Å². The first-order valence-corrected chi connectivity index (χ1v) is 10.2. The highest BCUT2D eigenvalue weighted by Crippen LogP contribution is 2.29. The molecule has 1 N–H and O–H groups in total. The average molecular weight is 395 g/mol. The molecule has 0 radical (unpaired) electrons. The van der Waals surface area contributed by atoms with E-state index in [0.29, 0.717) is 24.6 Å². The number of carboxylic acid groups (broad SMARTS) is 1. The molecule has 2 aromatic carbocycles. The van der Waals surface area contributed by atoms with Crippen LogP contribution in [0.25, 0.3) is 0 Å². The van der Waals surface area contributed by atoms with Gasteiger partial charge in [-0.1, -0.05) is 50.2 Å². The molecule has 5 heteroatoms. The minimum Gasteiger partial charge on any atom is -0.482 e. The van der Waals surface area contributed by atoms with E-state index in [4.69, 9.17) is 9.84 Å². The minimum absolute atomic E-state index is 0.158. The van der Waals surface area contributed by atoms with Crippen LogP contribution in [0, 0.1) is 0 Å². The Labute approximate surface area is 172 Å². The monoisotopic (exact) mass is 395 g/mol. The topological polar surface area (TPSA) is 66.8 Å². The number of piperidine rings is 1. The summed E-state index contributed by atoms with van der Waals surface area (Å²) in [7, 11) is 0. The molecule has 1 heterocycles. The van der Waals surface area contributed by atoms with Gasteiger partial charge in [0, 0.05) is 19.0 Å². The highest BCUT2D eigenvalue weighted by Gasteiger charge is 2.25. The largest absolute Gasteiger partial charge is 0.482 e. The molecule has 3 rings (SSSR count). The molecule has 29 heavy (non-hydrogen) atoms. The van der Waals surface area contributed by atoms with Crippen molar-refractivity contribution in [3.63, 3.8) is 0 Å². The Balaban J connectivity index is 1.62. The summed E-state index contributed by atoms with van der Waals surface area (Å²) in [5.41, 5.74) is 3.42. The molecule has 1 saturated heterocycles. The molecule has 0 saturated carbocycles. The number of benzene rings is 2. The maximum atomic E-state index is 12.8. The molecular formula is C24H29NO4. The molecule has 1 amide bonds. The van der Waals surface area contributed by atoms with Crippen LogP contribution in [0.5, 0.6) is 5.75 Å². The van der Waals surface area contributed by atoms with Crippen LogP contribution in [0.15, 0.2) is 48.5 Å². The predicted molar refractivity (Wildman–Crippen MR) is 112 cm³/mol. The highest BCUT2D eigenvalue weighted by molar-refractivity contribution is 5.79. The zero-order valence-electron chi connectivity index (χ0n) is 17.1. The number of carboxylic acids is 1. The second kappa shape index (κ2) is 9.59. The normalized spacial score (nSPS) is 16.7. The molecule has 0 unspecified atom stereocenters. The summed E-state index contributed by atoms with van der Waals surface area (Å²) in [6.45, 7) is 5.44. The van der Waals surface area contributed by atoms with Crippen molar-refractivity contribution in [1.82, 2.24) is 4.90 Å². The lowest BCUT2D eigenvalue weighted by Crippen LogP contribution is -2.39. The van der Waals surface area contributed by atoms with E-state index in [1.54, 1.807) is 6.07 Å². The van der Waals surface area contributed by atoms with E-state index in [0.717, 1.165) is 30.5 Å². The Morgan fingerprint density at radius 3 is 2.62 bits per heavy atom. The third kappa shape index (κ3) is 5.83. The van der Waals surface area contributed by atoms with Gasteiger partial charge in [-0.25, -0.2) is 4.79 Å². The van der Waals surface area contributed by atoms with Gasteiger partial charge >= 0.3 is 5.97 Å². The molecule has 0 spiro atoms. The third-order valence-corrected chi connectivity index (χ3v) is 5.47. The Morgan fingerprint density at radius 2 is 1.93 bits per heavy atom. The van der Waals surface area contributed by atoms with Crippen LogP contribution in [0.1, 0.15) is 55.2 Å². The van der Waals surface area contributed by atoms with Crippen LogP contribution < -0.4 is 4.74 Å². The number of amides is 1. The minimum atomic E-state index is -0.994. The summed E-state index contributed by atoms with van der Waals surface area (Å²) in [5, 5.41) is 8.78. The van der Waals surface area contributed by atoms with Crippen molar-refractivity contribution in [1.29, 1.82) is 0 Å². The molecule has 0 aromatic heterocycles. The van der Waals surface area contributed by atoms with E-state index in [9.17, 15) is 9.59 Å². The molecule has 0 bridgehead atoms. The summed E-state index contributed by atoms with van der Waals surface area (Å²) in [4.78, 5) is 25.5. The molecule has 154 valence electrons. The number of carbonyl (C=O) groups excluding carboxylic acids is 1. The average Bonchev–Trinajstić information content (AvgIpc) is 2.73. The first-order chi connectivity index (χ1) is 13.9. The van der Waals surface area contributed by atoms with Crippen LogP contribution in [-0.4, -0.2) is 41.6 Å². The van der Waals surface area contributed by atoms with Crippen LogP contribution in [0.4, 0.5) is 0 Å². The Hall–Kier alpha value is -2.82. The van der Waals surface area contributed by atoms with E-state index in [2.05, 4.69) is 38.1 Å². The SMILES string of the molecule is CC(C)c1ccc(CC(=O)N2CCC[C@@H](c3cccc(OCC(=O)O)c3)C2)cc1. The lowest BCUT2D eigenvalue weighted by Gasteiger charge is -2.33. The lowest BCUT2D eigenvalue weighted by molar-refractivity contribution is -0.139. The van der Waals surface area contributed by atoms with Gasteiger partial charge in [0.2, 0.25) is 5.91 Å². The van der Waals surface area contributed by atoms with Gasteiger partial charge in [0.1, 0.15) is 5.75 Å². The zero-order valence-corrected chi connectivity index (χ0v) is 17.1. The van der Waals surface area contributed by atoms with Crippen LogP contribution in [-0.2, 0) is 16.0 Å². The van der Waals surface area contributed by atoms with Gasteiger partial charge in [-0.2, -0.15) is 0 Å². The van der Waals surface area contributed by atoms with Crippen LogP contribution in [0.3, 0.4) is 0 Å². The second-order valence-corrected chi connectivity index (χ2v) is 8.01. The Kier molecular flexibility index (Phi) is 6.91. The number of aliphatic carboxylic acids is 1. The van der Waals surface area contributed by atoms with E-state index in [-0.39, 0.29) is 18.4 Å². The lowest BCUT2D eigenvalue weighted by atomic mass is 9.90. The van der Waals surface area contributed by atoms with Gasteiger partial charge in [-0.3, -0.25) is 4.79 Å². The van der Waals surface area contributed by atoms with Crippen molar-refractivity contribution in [2.75, 3.05) is 19.7 Å². The summed E-state index contributed by atoms with van der Waals surface area (Å²) in [5.74, 6) is 0.442. The van der Waals surface area contributed by atoms with Gasteiger partial charge in [-0.05, 0) is 47.6 Å². The number of nitrogens with zero attached hydrogens (tertiary/aromatic N) is 1. The van der Waals surface area contributed by atoms with Gasteiger partial charge < -0.3 is 14.7 Å². The molecule has 1 aliphatic rings. The first-order valence-electron chi connectivity index (χ1n) is 10.2. The van der Waals surface area contributed by atoms with Gasteiger partial charge in [-0.15, -0.1) is 0 Å². The molecular weight excluding hydrogens is 366 g/mol. The van der Waals surface area contributed by atoms with Crippen molar-refractivity contribution in [3.8, 4) is 5.75 Å². The van der Waals surface area contributed by atoms with E-state index < -0.39 is 5.97 Å². The fourth-order valence-corrected chi connectivity index (χ4v) is 3.79. The molecule has 1 fully saturated rings. The van der Waals surface area contributed by atoms with Crippen LogP contribution in [0.2, 0.25) is 0 Å². The number of hydrogen-bond donors (Lipinski definition) is 1. The maximum Gasteiger partial charge on any atom is 0.341 e. The fraction of sp³-hybridized carbons (Fsp3) is 0.417. The quantitative estimate of drug-likeness (QED) is 0.762. The van der Waals surface area contributed by atoms with Gasteiger partial charge in [0.25, 0.3) is 0 Å². The number of rotatable bonds is 7. The molecule has 2 aromatic rings. The predicted octanol–water partition coefficient (Wildman–Crippen LogP) is 4.22. The number of likely N-dealkylation sites (tertiary alicyclic amines) is 1. The fourth-order valence-electron chi connectivity index (χ4n) is 3.79. The Bertz CT molecular complexity index is 844. The van der Waals surface area contributed by atoms with Crippen molar-refractivity contribution in [2.45, 2.75) is 44.9 Å². The summed E-state index contributed by atoms with van der Waals surface area (Å²) in [6.07, 6.45) is 2.39. The van der Waals surface area contributed by atoms with E-state index in [1.165, 1.54) is 5.56 Å². The van der Waals surface area contributed by atoms with E-state index in [1.807, 2.05) is 23.1 Å². The van der Waals surface area contributed by atoms with Crippen LogP contribution >= 0.6 is 0 Å². The first kappa shape index (κ1) is 20.9. The Morgan fingerprint density at radius 1 is 1.17 bits per heavy atom. The zero-order chi connectivity index (χ0) is 20.8. The van der Waals surface area contributed by atoms with Gasteiger partial charge in [0.05, 0.1) is 6.42 Å².